The molecule has 28 heavy (non-hydrogen) atoms. The highest BCUT2D eigenvalue weighted by molar-refractivity contribution is 7.99. The number of carbonyl (C=O) groups excluding carboxylic acids is 1. The van der Waals surface area contributed by atoms with Crippen molar-refractivity contribution in [1.29, 1.82) is 0 Å². The van der Waals surface area contributed by atoms with Gasteiger partial charge in [-0.05, 0) is 36.1 Å². The Balaban J connectivity index is 2.14. The molecule has 0 fully saturated rings. The summed E-state index contributed by atoms with van der Waals surface area (Å²) in [7, 11) is 4.00. The van der Waals surface area contributed by atoms with Gasteiger partial charge in [-0.15, -0.1) is 11.8 Å². The Kier molecular flexibility index (Phi) is 6.84. The molecule has 0 bridgehead atoms. The summed E-state index contributed by atoms with van der Waals surface area (Å²) in [5.41, 5.74) is 4.40. The number of thioether (sulfide) groups is 1. The van der Waals surface area contributed by atoms with Gasteiger partial charge in [0.15, 0.2) is 6.29 Å². The largest absolute Gasteiger partial charge is 0.377 e. The van der Waals surface area contributed by atoms with Crippen molar-refractivity contribution < 1.29 is 4.79 Å². The molecule has 2 aromatic carbocycles. The van der Waals surface area contributed by atoms with E-state index in [4.69, 9.17) is 0 Å². The molecule has 3 nitrogen and oxygen atoms in total. The minimum absolute atomic E-state index is 0.0971. The minimum atomic E-state index is 0.0971. The lowest BCUT2D eigenvalue weighted by atomic mass is 9.87. The molecule has 1 aliphatic heterocycles. The van der Waals surface area contributed by atoms with Gasteiger partial charge in [-0.1, -0.05) is 57.0 Å². The molecule has 0 saturated carbocycles. The van der Waals surface area contributed by atoms with Crippen LogP contribution in [-0.4, -0.2) is 31.7 Å². The molecule has 0 spiro atoms. The number of unbranched alkanes of at least 4 members (excludes halogenated alkanes) is 1. The Morgan fingerprint density at radius 3 is 2.57 bits per heavy atom. The Labute approximate surface area is 173 Å². The van der Waals surface area contributed by atoms with Crippen molar-refractivity contribution in [2.75, 3.05) is 24.7 Å². The average molecular weight is 397 g/mol. The fourth-order valence-corrected chi connectivity index (χ4v) is 5.44. The van der Waals surface area contributed by atoms with Crippen LogP contribution in [0.1, 0.15) is 67.1 Å². The quantitative estimate of drug-likeness (QED) is 0.610. The number of rotatable bonds is 7. The van der Waals surface area contributed by atoms with Crippen LogP contribution in [0.15, 0.2) is 47.4 Å². The molecule has 1 N–H and O–H groups in total. The van der Waals surface area contributed by atoms with Crippen LogP contribution in [0.5, 0.6) is 0 Å². The maximum atomic E-state index is 11.7. The Hall–Kier alpha value is -1.78. The van der Waals surface area contributed by atoms with Crippen LogP contribution in [0.25, 0.3) is 0 Å². The van der Waals surface area contributed by atoms with Crippen molar-refractivity contribution in [3.8, 4) is 0 Å². The van der Waals surface area contributed by atoms with Crippen LogP contribution in [0, 0.1) is 0 Å². The molecule has 0 aliphatic carbocycles. The van der Waals surface area contributed by atoms with E-state index in [0.29, 0.717) is 0 Å². The van der Waals surface area contributed by atoms with Gasteiger partial charge in [0.1, 0.15) is 0 Å². The van der Waals surface area contributed by atoms with Gasteiger partial charge in [0, 0.05) is 41.5 Å². The zero-order valence-corrected chi connectivity index (χ0v) is 18.3. The summed E-state index contributed by atoms with van der Waals surface area (Å²) in [6, 6.07) is 15.1. The lowest BCUT2D eigenvalue weighted by molar-refractivity contribution is 0.112. The zero-order valence-electron chi connectivity index (χ0n) is 17.5. The van der Waals surface area contributed by atoms with Crippen LogP contribution in [0.4, 0.5) is 5.69 Å². The van der Waals surface area contributed by atoms with Gasteiger partial charge in [-0.3, -0.25) is 10.1 Å². The lowest BCUT2D eigenvalue weighted by Gasteiger charge is -2.36. The van der Waals surface area contributed by atoms with Gasteiger partial charge >= 0.3 is 0 Å². The summed E-state index contributed by atoms with van der Waals surface area (Å²) in [6.45, 7) is 4.56. The van der Waals surface area contributed by atoms with Crippen molar-refractivity contribution in [3.05, 3.63) is 59.2 Å². The highest BCUT2D eigenvalue weighted by atomic mass is 32.2. The third kappa shape index (κ3) is 4.28. The molecule has 0 unspecified atom stereocenters. The summed E-state index contributed by atoms with van der Waals surface area (Å²) in [6.07, 6.45) is 5.68. The molecule has 0 radical (unpaired) electrons. The van der Waals surface area contributed by atoms with E-state index in [2.05, 4.69) is 61.6 Å². The molecule has 1 aliphatic rings. The van der Waals surface area contributed by atoms with E-state index in [1.165, 1.54) is 35.3 Å². The van der Waals surface area contributed by atoms with Crippen LogP contribution in [0.3, 0.4) is 0 Å². The normalized spacial score (nSPS) is 21.6. The molecule has 0 aromatic heterocycles. The highest BCUT2D eigenvalue weighted by Gasteiger charge is 2.36. The zero-order chi connectivity index (χ0) is 20.1. The number of anilines is 1. The Morgan fingerprint density at radius 2 is 1.96 bits per heavy atom. The Bertz CT molecular complexity index is 806. The van der Waals surface area contributed by atoms with Crippen LogP contribution >= 0.6 is 11.8 Å². The maximum Gasteiger partial charge on any atom is 0.152 e. The third-order valence-electron chi connectivity index (χ3n) is 5.85. The predicted octanol–water partition coefficient (Wildman–Crippen LogP) is 5.69. The fourth-order valence-electron chi connectivity index (χ4n) is 4.02. The molecule has 0 amide bonds. The maximum absolute atomic E-state index is 11.7. The standard InChI is InChI=1S/C24H32N2OS/c1-5-7-13-24(6-2)17-28-22-14-19(16-27)21(26(3)4)15-20(22)23(25-24)18-11-9-8-10-12-18/h8-12,14-16,23,25H,5-7,13,17H2,1-4H3/t23-,24-/m1/s1. The van der Waals surface area contributed by atoms with Gasteiger partial charge in [-0.2, -0.15) is 0 Å². The second kappa shape index (κ2) is 9.15. The van der Waals surface area contributed by atoms with Gasteiger partial charge in [-0.25, -0.2) is 0 Å². The molecule has 2 aromatic rings. The van der Waals surface area contributed by atoms with Crippen molar-refractivity contribution in [2.45, 2.75) is 56.0 Å². The Morgan fingerprint density at radius 1 is 1.21 bits per heavy atom. The van der Waals surface area contributed by atoms with E-state index < -0.39 is 0 Å². The minimum Gasteiger partial charge on any atom is -0.377 e. The number of carbonyl (C=O) groups is 1. The molecule has 2 atom stereocenters. The van der Waals surface area contributed by atoms with Crippen LogP contribution < -0.4 is 10.2 Å². The van der Waals surface area contributed by atoms with Gasteiger partial charge in [0.2, 0.25) is 0 Å². The summed E-state index contributed by atoms with van der Waals surface area (Å²) in [5.74, 6) is 1.03. The first kappa shape index (κ1) is 20.9. The van der Waals surface area contributed by atoms with E-state index in [0.717, 1.165) is 29.7 Å². The topological polar surface area (TPSA) is 32.3 Å². The number of fused-ring (bicyclic) bond motifs is 1. The van der Waals surface area contributed by atoms with Gasteiger partial charge < -0.3 is 4.90 Å². The summed E-state index contributed by atoms with van der Waals surface area (Å²) in [4.78, 5) is 15.0. The monoisotopic (exact) mass is 396 g/mol. The summed E-state index contributed by atoms with van der Waals surface area (Å²) in [5, 5.41) is 4.06. The molecule has 1 heterocycles. The van der Waals surface area contributed by atoms with Crippen molar-refractivity contribution >= 4 is 23.7 Å². The molecule has 4 heteroatoms. The van der Waals surface area contributed by atoms with Crippen molar-refractivity contribution in [3.63, 3.8) is 0 Å². The molecule has 3 rings (SSSR count). The highest BCUT2D eigenvalue weighted by Crippen LogP contribution is 2.42. The predicted molar refractivity (Wildman–Crippen MR) is 121 cm³/mol. The van der Waals surface area contributed by atoms with E-state index in [-0.39, 0.29) is 11.6 Å². The molecule has 150 valence electrons. The molecular weight excluding hydrogens is 364 g/mol. The summed E-state index contributed by atoms with van der Waals surface area (Å²) >= 11 is 1.90. The van der Waals surface area contributed by atoms with Gasteiger partial charge in [0.25, 0.3) is 0 Å². The number of benzene rings is 2. The van der Waals surface area contributed by atoms with E-state index >= 15 is 0 Å². The smallest absolute Gasteiger partial charge is 0.152 e. The first-order valence-corrected chi connectivity index (χ1v) is 11.3. The number of aldehydes is 1. The van der Waals surface area contributed by atoms with Crippen LogP contribution in [0.2, 0.25) is 0 Å². The number of nitrogens with zero attached hydrogens (tertiary/aromatic N) is 1. The first-order chi connectivity index (χ1) is 13.5. The summed E-state index contributed by atoms with van der Waals surface area (Å²) < 4.78 is 0. The van der Waals surface area contributed by atoms with E-state index in [9.17, 15) is 4.79 Å². The fraction of sp³-hybridized carbons (Fsp3) is 0.458. The van der Waals surface area contributed by atoms with Crippen molar-refractivity contribution in [2.24, 2.45) is 0 Å². The number of hydrogen-bond acceptors (Lipinski definition) is 4. The van der Waals surface area contributed by atoms with E-state index in [1.54, 1.807) is 0 Å². The first-order valence-electron chi connectivity index (χ1n) is 10.3. The number of nitrogens with one attached hydrogen (secondary N) is 1. The van der Waals surface area contributed by atoms with E-state index in [1.807, 2.05) is 30.8 Å². The van der Waals surface area contributed by atoms with Crippen LogP contribution in [-0.2, 0) is 0 Å². The lowest BCUT2D eigenvalue weighted by Crippen LogP contribution is -2.48. The average Bonchev–Trinajstić information content (AvgIpc) is 2.89. The van der Waals surface area contributed by atoms with Crippen molar-refractivity contribution in [1.82, 2.24) is 5.32 Å². The number of hydrogen-bond donors (Lipinski definition) is 1. The molecular formula is C24H32N2OS. The SMILES string of the molecule is CCCC[C@]1(CC)CSc2cc(C=O)c(N(C)C)cc2[C@@H](c2ccccc2)N1. The second-order valence-corrected chi connectivity index (χ2v) is 8.99. The molecule has 0 saturated heterocycles. The third-order valence-corrected chi connectivity index (χ3v) is 7.21. The second-order valence-electron chi connectivity index (χ2n) is 7.98. The van der Waals surface area contributed by atoms with Gasteiger partial charge in [0.05, 0.1) is 6.04 Å².